The zero-order valence-corrected chi connectivity index (χ0v) is 9.42. The lowest BCUT2D eigenvalue weighted by Gasteiger charge is -2.27. The van der Waals surface area contributed by atoms with Gasteiger partial charge in [-0.05, 0) is 30.5 Å². The minimum absolute atomic E-state index is 0.143. The van der Waals surface area contributed by atoms with Crippen molar-refractivity contribution < 1.29 is 9.53 Å². The van der Waals surface area contributed by atoms with Crippen LogP contribution in [0.3, 0.4) is 0 Å². The summed E-state index contributed by atoms with van der Waals surface area (Å²) in [6, 6.07) is 8.23. The van der Waals surface area contributed by atoms with Gasteiger partial charge in [-0.15, -0.1) is 11.8 Å². The van der Waals surface area contributed by atoms with Crippen molar-refractivity contribution in [3.05, 3.63) is 24.3 Å². The molecule has 0 saturated carbocycles. The fourth-order valence-electron chi connectivity index (χ4n) is 1.56. The van der Waals surface area contributed by atoms with Crippen molar-refractivity contribution in [1.29, 1.82) is 0 Å². The topological polar surface area (TPSA) is 29.5 Å². The Bertz CT molecular complexity index is 350. The fraction of sp³-hybridized carbons (Fsp3) is 0.364. The molecule has 15 heavy (non-hydrogen) atoms. The van der Waals surface area contributed by atoms with Gasteiger partial charge in [0, 0.05) is 10.6 Å². The average molecular weight is 223 g/mol. The van der Waals surface area contributed by atoms with E-state index in [0.717, 1.165) is 12.2 Å². The number of morpholine rings is 1. The number of thioether (sulfide) groups is 1. The summed E-state index contributed by atoms with van der Waals surface area (Å²) in [6.45, 7) is 1.63. The Hall–Kier alpha value is -1.16. The van der Waals surface area contributed by atoms with Crippen molar-refractivity contribution in [3.63, 3.8) is 0 Å². The molecule has 1 aromatic rings. The van der Waals surface area contributed by atoms with E-state index in [0.29, 0.717) is 13.2 Å². The first-order chi connectivity index (χ1) is 7.29. The van der Waals surface area contributed by atoms with Crippen LogP contribution >= 0.6 is 11.8 Å². The first-order valence-corrected chi connectivity index (χ1v) is 6.07. The van der Waals surface area contributed by atoms with Gasteiger partial charge < -0.3 is 9.64 Å². The number of cyclic esters (lactones) is 1. The summed E-state index contributed by atoms with van der Waals surface area (Å²) in [5.41, 5.74) is 1.09. The van der Waals surface area contributed by atoms with Gasteiger partial charge in [0.2, 0.25) is 0 Å². The van der Waals surface area contributed by atoms with E-state index in [9.17, 15) is 4.79 Å². The van der Waals surface area contributed by atoms with Crippen LogP contribution in [0.5, 0.6) is 0 Å². The number of nitrogens with zero attached hydrogens (tertiary/aromatic N) is 1. The molecule has 1 aromatic carbocycles. The Morgan fingerprint density at radius 2 is 2.07 bits per heavy atom. The third kappa shape index (κ3) is 2.45. The van der Waals surface area contributed by atoms with E-state index in [1.54, 1.807) is 11.8 Å². The van der Waals surface area contributed by atoms with Gasteiger partial charge in [0.25, 0.3) is 0 Å². The third-order valence-corrected chi connectivity index (χ3v) is 3.13. The number of anilines is 1. The average Bonchev–Trinajstić information content (AvgIpc) is 2.29. The van der Waals surface area contributed by atoms with Crippen LogP contribution in [-0.4, -0.2) is 31.9 Å². The summed E-state index contributed by atoms with van der Waals surface area (Å²) in [5, 5.41) is 0. The van der Waals surface area contributed by atoms with Crippen molar-refractivity contribution in [3.8, 4) is 0 Å². The first-order valence-electron chi connectivity index (χ1n) is 4.84. The molecule has 0 unspecified atom stereocenters. The SMILES string of the molecule is CSc1ccc(N2CCOC(=O)C2)cc1. The van der Waals surface area contributed by atoms with Crippen molar-refractivity contribution in [2.45, 2.75) is 4.90 Å². The molecule has 0 radical (unpaired) electrons. The molecule has 1 fully saturated rings. The highest BCUT2D eigenvalue weighted by Gasteiger charge is 2.17. The molecular formula is C11H13NO2S. The zero-order chi connectivity index (χ0) is 10.7. The summed E-state index contributed by atoms with van der Waals surface area (Å²) in [7, 11) is 0. The number of esters is 1. The van der Waals surface area contributed by atoms with Crippen LogP contribution in [0.1, 0.15) is 0 Å². The highest BCUT2D eigenvalue weighted by atomic mass is 32.2. The lowest BCUT2D eigenvalue weighted by molar-refractivity contribution is -0.143. The summed E-state index contributed by atoms with van der Waals surface area (Å²) < 4.78 is 4.89. The minimum atomic E-state index is -0.143. The molecule has 1 aliphatic rings. The molecule has 0 aliphatic carbocycles. The van der Waals surface area contributed by atoms with E-state index in [1.807, 2.05) is 23.3 Å². The molecule has 0 bridgehead atoms. The Balaban J connectivity index is 2.11. The van der Waals surface area contributed by atoms with E-state index in [-0.39, 0.29) is 5.97 Å². The van der Waals surface area contributed by atoms with Crippen LogP contribution in [0.2, 0.25) is 0 Å². The van der Waals surface area contributed by atoms with Gasteiger partial charge in [-0.1, -0.05) is 0 Å². The largest absolute Gasteiger partial charge is 0.462 e. The van der Waals surface area contributed by atoms with Crippen LogP contribution in [0, 0.1) is 0 Å². The molecule has 2 rings (SSSR count). The monoisotopic (exact) mass is 223 g/mol. The van der Waals surface area contributed by atoms with Gasteiger partial charge in [-0.3, -0.25) is 4.79 Å². The fourth-order valence-corrected chi connectivity index (χ4v) is 1.97. The summed E-state index contributed by atoms with van der Waals surface area (Å²) in [4.78, 5) is 14.4. The highest BCUT2D eigenvalue weighted by molar-refractivity contribution is 7.98. The molecule has 4 heteroatoms. The molecule has 1 heterocycles. The third-order valence-electron chi connectivity index (χ3n) is 2.38. The second-order valence-corrected chi connectivity index (χ2v) is 4.22. The van der Waals surface area contributed by atoms with Crippen LogP contribution < -0.4 is 4.90 Å². The van der Waals surface area contributed by atoms with E-state index < -0.39 is 0 Å². The van der Waals surface area contributed by atoms with Crippen molar-refractivity contribution >= 4 is 23.4 Å². The van der Waals surface area contributed by atoms with Gasteiger partial charge in [-0.25, -0.2) is 0 Å². The maximum Gasteiger partial charge on any atom is 0.325 e. The van der Waals surface area contributed by atoms with Crippen LogP contribution in [0.25, 0.3) is 0 Å². The number of hydrogen-bond donors (Lipinski definition) is 0. The van der Waals surface area contributed by atoms with E-state index >= 15 is 0 Å². The number of hydrogen-bond acceptors (Lipinski definition) is 4. The number of benzene rings is 1. The van der Waals surface area contributed by atoms with Crippen molar-refractivity contribution in [2.24, 2.45) is 0 Å². The highest BCUT2D eigenvalue weighted by Crippen LogP contribution is 2.21. The van der Waals surface area contributed by atoms with Crippen LogP contribution in [0.15, 0.2) is 29.2 Å². The Kier molecular flexibility index (Phi) is 3.16. The number of rotatable bonds is 2. The predicted molar refractivity (Wildman–Crippen MR) is 61.4 cm³/mol. The molecule has 1 aliphatic heterocycles. The first kappa shape index (κ1) is 10.4. The molecule has 1 saturated heterocycles. The zero-order valence-electron chi connectivity index (χ0n) is 8.60. The molecule has 0 aromatic heterocycles. The molecule has 0 N–H and O–H groups in total. The predicted octanol–water partition coefficient (Wildman–Crippen LogP) is 1.77. The van der Waals surface area contributed by atoms with E-state index in [1.165, 1.54) is 4.90 Å². The molecule has 80 valence electrons. The number of carbonyl (C=O) groups is 1. The van der Waals surface area contributed by atoms with Crippen molar-refractivity contribution in [1.82, 2.24) is 0 Å². The van der Waals surface area contributed by atoms with E-state index in [2.05, 4.69) is 12.1 Å². The van der Waals surface area contributed by atoms with Gasteiger partial charge >= 0.3 is 5.97 Å². The normalized spacial score (nSPS) is 16.3. The Labute approximate surface area is 93.4 Å². The lowest BCUT2D eigenvalue weighted by Crippen LogP contribution is -2.39. The summed E-state index contributed by atoms with van der Waals surface area (Å²) in [5.74, 6) is -0.143. The van der Waals surface area contributed by atoms with Crippen molar-refractivity contribution in [2.75, 3.05) is 30.9 Å². The van der Waals surface area contributed by atoms with Gasteiger partial charge in [0.1, 0.15) is 13.2 Å². The van der Waals surface area contributed by atoms with Gasteiger partial charge in [0.15, 0.2) is 0 Å². The minimum Gasteiger partial charge on any atom is -0.462 e. The maximum atomic E-state index is 11.1. The van der Waals surface area contributed by atoms with E-state index in [4.69, 9.17) is 4.74 Å². The van der Waals surface area contributed by atoms with Gasteiger partial charge in [0.05, 0.1) is 6.54 Å². The summed E-state index contributed by atoms with van der Waals surface area (Å²) in [6.07, 6.45) is 2.05. The quantitative estimate of drug-likeness (QED) is 0.564. The van der Waals surface area contributed by atoms with Crippen LogP contribution in [0.4, 0.5) is 5.69 Å². The molecule has 0 spiro atoms. The second-order valence-electron chi connectivity index (χ2n) is 3.34. The lowest BCUT2D eigenvalue weighted by atomic mass is 10.2. The molecular weight excluding hydrogens is 210 g/mol. The molecule has 3 nitrogen and oxygen atoms in total. The Morgan fingerprint density at radius 3 is 2.67 bits per heavy atom. The molecule has 0 atom stereocenters. The number of ether oxygens (including phenoxy) is 1. The maximum absolute atomic E-state index is 11.1. The second kappa shape index (κ2) is 4.57. The number of carbonyl (C=O) groups excluding carboxylic acids is 1. The Morgan fingerprint density at radius 1 is 1.33 bits per heavy atom. The van der Waals surface area contributed by atoms with Gasteiger partial charge in [-0.2, -0.15) is 0 Å². The smallest absolute Gasteiger partial charge is 0.325 e. The summed E-state index contributed by atoms with van der Waals surface area (Å²) >= 11 is 1.71. The van der Waals surface area contributed by atoms with Crippen LogP contribution in [-0.2, 0) is 9.53 Å². The standard InChI is InChI=1S/C11H13NO2S/c1-15-10-4-2-9(3-5-10)12-6-7-14-11(13)8-12/h2-5H,6-8H2,1H3. The molecule has 0 amide bonds.